The number of amides is 1. The van der Waals surface area contributed by atoms with Gasteiger partial charge in [0.15, 0.2) is 11.5 Å². The van der Waals surface area contributed by atoms with Crippen LogP contribution in [0.1, 0.15) is 23.7 Å². The van der Waals surface area contributed by atoms with Gasteiger partial charge < -0.3 is 19.5 Å². The molecule has 0 aliphatic carbocycles. The zero-order chi connectivity index (χ0) is 15.2. The number of likely N-dealkylation sites (tertiary alicyclic amines) is 1. The molecule has 2 aliphatic heterocycles. The molecule has 1 N–H and O–H groups in total. The van der Waals surface area contributed by atoms with Crippen LogP contribution in [0.4, 0.5) is 0 Å². The first-order chi connectivity index (χ1) is 9.90. The third-order valence-corrected chi connectivity index (χ3v) is 4.54. The average Bonchev–Trinajstić information content (AvgIpc) is 3.05. The van der Waals surface area contributed by atoms with Crippen LogP contribution in [0.2, 0.25) is 0 Å². The molecule has 1 unspecified atom stereocenters. The molecule has 1 atom stereocenters. The topological polar surface area (TPSA) is 76.1 Å². The second-order valence-corrected chi connectivity index (χ2v) is 6.39. The van der Waals surface area contributed by atoms with E-state index in [4.69, 9.17) is 9.47 Å². The van der Waals surface area contributed by atoms with E-state index in [-0.39, 0.29) is 19.2 Å². The van der Waals surface area contributed by atoms with Crippen LogP contribution in [0.5, 0.6) is 11.5 Å². The highest BCUT2D eigenvalue weighted by molar-refractivity contribution is 9.10. The van der Waals surface area contributed by atoms with Crippen molar-refractivity contribution < 1.29 is 24.2 Å². The molecule has 2 aliphatic rings. The van der Waals surface area contributed by atoms with Gasteiger partial charge in [0.05, 0.1) is 9.89 Å². The molecular weight excluding hydrogens is 342 g/mol. The number of carboxylic acid groups (broad SMARTS) is 1. The number of ether oxygens (including phenoxy) is 2. The first kappa shape index (κ1) is 14.2. The van der Waals surface area contributed by atoms with E-state index in [0.717, 1.165) is 0 Å². The van der Waals surface area contributed by atoms with Crippen LogP contribution in [0.3, 0.4) is 0 Å². The number of rotatable bonds is 2. The highest BCUT2D eigenvalue weighted by Gasteiger charge is 2.42. The van der Waals surface area contributed by atoms with Crippen molar-refractivity contribution in [2.24, 2.45) is 5.41 Å². The molecule has 1 aromatic carbocycles. The number of hydrogen-bond donors (Lipinski definition) is 1. The van der Waals surface area contributed by atoms with Crippen LogP contribution in [0.25, 0.3) is 0 Å². The maximum absolute atomic E-state index is 12.5. The molecule has 1 fully saturated rings. The quantitative estimate of drug-likeness (QED) is 0.879. The van der Waals surface area contributed by atoms with Gasteiger partial charge in [0.25, 0.3) is 5.91 Å². The summed E-state index contributed by atoms with van der Waals surface area (Å²) in [5, 5.41) is 9.23. The molecular formula is C14H14BrNO5. The van der Waals surface area contributed by atoms with Crippen LogP contribution in [0.15, 0.2) is 16.6 Å². The van der Waals surface area contributed by atoms with Crippen molar-refractivity contribution in [1.29, 1.82) is 0 Å². The van der Waals surface area contributed by atoms with Gasteiger partial charge in [0.1, 0.15) is 0 Å². The largest absolute Gasteiger partial charge is 0.481 e. The molecule has 21 heavy (non-hydrogen) atoms. The third-order valence-electron chi connectivity index (χ3n) is 3.95. The van der Waals surface area contributed by atoms with E-state index < -0.39 is 11.4 Å². The Morgan fingerprint density at radius 3 is 2.81 bits per heavy atom. The van der Waals surface area contributed by atoms with Gasteiger partial charge in [-0.3, -0.25) is 9.59 Å². The van der Waals surface area contributed by atoms with E-state index in [1.54, 1.807) is 24.0 Å². The molecule has 0 radical (unpaired) electrons. The van der Waals surface area contributed by atoms with E-state index in [1.807, 2.05) is 0 Å². The summed E-state index contributed by atoms with van der Waals surface area (Å²) in [6, 6.07) is 3.30. The van der Waals surface area contributed by atoms with E-state index in [1.165, 1.54) is 0 Å². The molecule has 1 aromatic rings. The summed E-state index contributed by atoms with van der Waals surface area (Å²) in [5.74, 6) is 0.0416. The Hall–Kier alpha value is -1.76. The predicted octanol–water partition coefficient (Wildman–Crippen LogP) is 2.11. The van der Waals surface area contributed by atoms with Gasteiger partial charge in [-0.25, -0.2) is 0 Å². The number of aliphatic carboxylic acids is 1. The van der Waals surface area contributed by atoms with Crippen molar-refractivity contribution in [2.75, 3.05) is 19.9 Å². The van der Waals surface area contributed by atoms with Crippen molar-refractivity contribution in [2.45, 2.75) is 13.3 Å². The number of halogens is 1. The maximum Gasteiger partial charge on any atom is 0.311 e. The zero-order valence-corrected chi connectivity index (χ0v) is 13.0. The standard InChI is InChI=1S/C14H14BrNO5/c1-14(13(18)19)2-3-16(6-14)12(17)8-4-9(15)11-10(5-8)20-7-21-11/h4-5H,2-3,6-7H2,1H3,(H,18,19). The summed E-state index contributed by atoms with van der Waals surface area (Å²) < 4.78 is 11.2. The number of nitrogens with zero attached hydrogens (tertiary/aromatic N) is 1. The minimum Gasteiger partial charge on any atom is -0.481 e. The molecule has 112 valence electrons. The van der Waals surface area contributed by atoms with Crippen molar-refractivity contribution in [1.82, 2.24) is 4.90 Å². The maximum atomic E-state index is 12.5. The van der Waals surface area contributed by atoms with E-state index in [0.29, 0.717) is 34.5 Å². The summed E-state index contributed by atoms with van der Waals surface area (Å²) in [6.45, 7) is 2.45. The molecule has 6 nitrogen and oxygen atoms in total. The monoisotopic (exact) mass is 355 g/mol. The van der Waals surface area contributed by atoms with Gasteiger partial charge in [-0.15, -0.1) is 0 Å². The lowest BCUT2D eigenvalue weighted by molar-refractivity contribution is -0.147. The van der Waals surface area contributed by atoms with Gasteiger partial charge >= 0.3 is 5.97 Å². The summed E-state index contributed by atoms with van der Waals surface area (Å²) >= 11 is 3.35. The molecule has 2 heterocycles. The van der Waals surface area contributed by atoms with Crippen LogP contribution in [-0.4, -0.2) is 41.8 Å². The number of benzene rings is 1. The van der Waals surface area contributed by atoms with Crippen LogP contribution >= 0.6 is 15.9 Å². The van der Waals surface area contributed by atoms with Gasteiger partial charge in [-0.05, 0) is 41.4 Å². The number of carbonyl (C=O) groups is 2. The van der Waals surface area contributed by atoms with Crippen LogP contribution in [-0.2, 0) is 4.79 Å². The van der Waals surface area contributed by atoms with E-state index in [9.17, 15) is 14.7 Å². The Labute approximate surface area is 129 Å². The fraction of sp³-hybridized carbons (Fsp3) is 0.429. The van der Waals surface area contributed by atoms with Crippen molar-refractivity contribution in [3.63, 3.8) is 0 Å². The predicted molar refractivity (Wildman–Crippen MR) is 76.5 cm³/mol. The fourth-order valence-electron chi connectivity index (χ4n) is 2.58. The molecule has 0 bridgehead atoms. The Balaban J connectivity index is 1.84. The molecule has 1 saturated heterocycles. The van der Waals surface area contributed by atoms with Crippen LogP contribution < -0.4 is 9.47 Å². The summed E-state index contributed by atoms with van der Waals surface area (Å²) in [5.41, 5.74) is -0.413. The van der Waals surface area contributed by atoms with E-state index >= 15 is 0 Å². The average molecular weight is 356 g/mol. The smallest absolute Gasteiger partial charge is 0.311 e. The fourth-order valence-corrected chi connectivity index (χ4v) is 3.14. The second kappa shape index (κ2) is 4.91. The lowest BCUT2D eigenvalue weighted by atomic mass is 9.90. The molecule has 0 spiro atoms. The van der Waals surface area contributed by atoms with Crippen molar-refractivity contribution in [3.05, 3.63) is 22.2 Å². The molecule has 3 rings (SSSR count). The van der Waals surface area contributed by atoms with Gasteiger partial charge in [-0.2, -0.15) is 0 Å². The van der Waals surface area contributed by atoms with E-state index in [2.05, 4.69) is 15.9 Å². The summed E-state index contributed by atoms with van der Waals surface area (Å²) in [6.07, 6.45) is 0.458. The number of fused-ring (bicyclic) bond motifs is 1. The second-order valence-electron chi connectivity index (χ2n) is 5.53. The zero-order valence-electron chi connectivity index (χ0n) is 11.4. The minimum atomic E-state index is -0.872. The third kappa shape index (κ3) is 2.35. The SMILES string of the molecule is CC1(C(=O)O)CCN(C(=O)c2cc(Br)c3c(c2)OCO3)C1. The lowest BCUT2D eigenvalue weighted by Gasteiger charge is -2.20. The number of carboxylic acids is 1. The lowest BCUT2D eigenvalue weighted by Crippen LogP contribution is -2.34. The molecule has 7 heteroatoms. The van der Waals surface area contributed by atoms with Gasteiger partial charge in [0.2, 0.25) is 6.79 Å². The highest BCUT2D eigenvalue weighted by Crippen LogP contribution is 2.40. The minimum absolute atomic E-state index is 0.131. The first-order valence-corrected chi connectivity index (χ1v) is 7.32. The number of carbonyl (C=O) groups excluding carboxylic acids is 1. The summed E-state index contributed by atoms with van der Waals surface area (Å²) in [7, 11) is 0. The normalized spacial score (nSPS) is 23.4. The highest BCUT2D eigenvalue weighted by atomic mass is 79.9. The van der Waals surface area contributed by atoms with Crippen molar-refractivity contribution in [3.8, 4) is 11.5 Å². The Morgan fingerprint density at radius 1 is 1.38 bits per heavy atom. The Kier molecular flexibility index (Phi) is 3.32. The van der Waals surface area contributed by atoms with Crippen LogP contribution in [0, 0.1) is 5.41 Å². The molecule has 0 saturated carbocycles. The Bertz CT molecular complexity index is 632. The van der Waals surface area contributed by atoms with Gasteiger partial charge in [-0.1, -0.05) is 0 Å². The number of hydrogen-bond acceptors (Lipinski definition) is 4. The Morgan fingerprint density at radius 2 is 2.14 bits per heavy atom. The van der Waals surface area contributed by atoms with Gasteiger partial charge in [0, 0.05) is 18.7 Å². The molecule has 0 aromatic heterocycles. The molecule has 1 amide bonds. The first-order valence-electron chi connectivity index (χ1n) is 6.52. The summed E-state index contributed by atoms with van der Waals surface area (Å²) in [4.78, 5) is 25.3. The van der Waals surface area contributed by atoms with Crippen molar-refractivity contribution >= 4 is 27.8 Å².